The number of amides is 1. The van der Waals surface area contributed by atoms with Gasteiger partial charge in [-0.1, -0.05) is 12.1 Å². The van der Waals surface area contributed by atoms with Gasteiger partial charge < -0.3 is 30.0 Å². The highest BCUT2D eigenvalue weighted by Crippen LogP contribution is 2.23. The summed E-state index contributed by atoms with van der Waals surface area (Å²) < 4.78 is 11.5. The third-order valence-electron chi connectivity index (χ3n) is 7.26. The molecule has 1 aromatic carbocycles. The Kier molecular flexibility index (Phi) is 7.63. The number of carbonyl (C=O) groups excluding carboxylic acids is 1. The molecule has 2 saturated heterocycles. The van der Waals surface area contributed by atoms with Gasteiger partial charge in [-0.05, 0) is 25.0 Å². The first-order valence-corrected chi connectivity index (χ1v) is 13.5. The van der Waals surface area contributed by atoms with Crippen LogP contribution in [0.25, 0.3) is 17.2 Å². The van der Waals surface area contributed by atoms with Crippen molar-refractivity contribution in [3.63, 3.8) is 0 Å². The second-order valence-electron chi connectivity index (χ2n) is 9.77. The van der Waals surface area contributed by atoms with Crippen LogP contribution in [-0.2, 0) is 4.74 Å². The predicted octanol–water partition coefficient (Wildman–Crippen LogP) is -0.282. The highest BCUT2D eigenvalue weighted by atomic mass is 16.5. The van der Waals surface area contributed by atoms with Crippen LogP contribution in [0.3, 0.4) is 0 Å². The molecule has 12 nitrogen and oxygen atoms in total. The monoisotopic (exact) mass is 531 g/mol. The minimum atomic E-state index is -0.105. The first-order valence-electron chi connectivity index (χ1n) is 13.5. The van der Waals surface area contributed by atoms with Crippen molar-refractivity contribution >= 4 is 11.7 Å². The summed E-state index contributed by atoms with van der Waals surface area (Å²) in [5.74, 6) is 2.06. The maximum atomic E-state index is 12.7. The van der Waals surface area contributed by atoms with Crippen molar-refractivity contribution in [3.8, 4) is 17.1 Å². The summed E-state index contributed by atoms with van der Waals surface area (Å²) in [6.07, 6.45) is 7.17. The second-order valence-corrected chi connectivity index (χ2v) is 9.77. The van der Waals surface area contributed by atoms with Gasteiger partial charge >= 0.3 is 0 Å². The van der Waals surface area contributed by atoms with E-state index in [9.17, 15) is 4.79 Å². The van der Waals surface area contributed by atoms with Gasteiger partial charge in [0, 0.05) is 43.9 Å². The van der Waals surface area contributed by atoms with Crippen LogP contribution in [0.5, 0.6) is 5.75 Å². The number of hydrogen-bond donors (Lipinski definition) is 3. The van der Waals surface area contributed by atoms with E-state index in [1.54, 1.807) is 24.8 Å². The minimum Gasteiger partial charge on any atom is -0.488 e. The lowest BCUT2D eigenvalue weighted by atomic mass is 10.1. The highest BCUT2D eigenvalue weighted by Gasteiger charge is 2.29. The molecule has 3 aliphatic heterocycles. The molecule has 0 saturated carbocycles. The van der Waals surface area contributed by atoms with E-state index in [1.165, 1.54) is 0 Å². The Morgan fingerprint density at radius 3 is 2.90 bits per heavy atom. The first-order chi connectivity index (χ1) is 19.2. The molecule has 0 spiro atoms. The predicted molar refractivity (Wildman–Crippen MR) is 143 cm³/mol. The van der Waals surface area contributed by atoms with E-state index in [2.05, 4.69) is 45.4 Å². The van der Waals surface area contributed by atoms with Gasteiger partial charge in [-0.15, -0.1) is 0 Å². The first kappa shape index (κ1) is 25.3. The van der Waals surface area contributed by atoms with Crippen LogP contribution in [-0.4, -0.2) is 101 Å². The number of aromatic nitrogens is 4. The number of benzene rings is 1. The van der Waals surface area contributed by atoms with Gasteiger partial charge in [-0.3, -0.25) is 9.69 Å². The van der Waals surface area contributed by atoms with Crippen LogP contribution in [0.1, 0.15) is 23.2 Å². The summed E-state index contributed by atoms with van der Waals surface area (Å²) in [7, 11) is 0. The lowest BCUT2D eigenvalue weighted by molar-refractivity contribution is 0.0383. The Morgan fingerprint density at radius 2 is 2.03 bits per heavy atom. The molecule has 0 bridgehead atoms. The van der Waals surface area contributed by atoms with Crippen LogP contribution in [0.15, 0.2) is 48.0 Å². The number of hydrogen-bond acceptors (Lipinski definition) is 10. The lowest BCUT2D eigenvalue weighted by Crippen LogP contribution is -2.47. The second kappa shape index (κ2) is 11.8. The summed E-state index contributed by atoms with van der Waals surface area (Å²) in [5, 5.41) is 7.23. The van der Waals surface area contributed by atoms with Crippen LogP contribution in [0.2, 0.25) is 0 Å². The van der Waals surface area contributed by atoms with Gasteiger partial charge in [-0.25, -0.2) is 19.9 Å². The fourth-order valence-corrected chi connectivity index (χ4v) is 5.19. The molecule has 3 aromatic rings. The van der Waals surface area contributed by atoms with Gasteiger partial charge in [0.05, 0.1) is 38.0 Å². The fourth-order valence-electron chi connectivity index (χ4n) is 5.19. The van der Waals surface area contributed by atoms with Gasteiger partial charge in [0.15, 0.2) is 17.1 Å². The zero-order valence-corrected chi connectivity index (χ0v) is 21.8. The van der Waals surface area contributed by atoms with Crippen molar-refractivity contribution < 1.29 is 14.3 Å². The molecule has 0 radical (unpaired) electrons. The van der Waals surface area contributed by atoms with Crippen LogP contribution in [0, 0.1) is 0 Å². The average molecular weight is 532 g/mol. The smallest absolute Gasteiger partial charge is 0.251 e. The molecule has 3 N–H and O–H groups in total. The Labute approximate surface area is 226 Å². The molecule has 2 aromatic heterocycles. The van der Waals surface area contributed by atoms with Crippen LogP contribution >= 0.6 is 0 Å². The number of nitrogens with one attached hydrogen (secondary N) is 3. The van der Waals surface area contributed by atoms with Crippen molar-refractivity contribution in [2.24, 2.45) is 4.99 Å². The molecule has 2 fully saturated rings. The summed E-state index contributed by atoms with van der Waals surface area (Å²) in [6.45, 7) is 6.70. The number of H-pyrrole nitrogens is 1. The number of aromatic amines is 1. The van der Waals surface area contributed by atoms with Crippen molar-refractivity contribution in [1.82, 2.24) is 40.4 Å². The number of morpholine rings is 1. The molecular weight excluding hydrogens is 498 g/mol. The number of likely N-dealkylation sites (tertiary alicyclic amines) is 1. The van der Waals surface area contributed by atoms with E-state index in [0.29, 0.717) is 37.0 Å². The molecule has 1 atom stereocenters. The molecule has 39 heavy (non-hydrogen) atoms. The van der Waals surface area contributed by atoms with Crippen LogP contribution < -0.4 is 26.2 Å². The van der Waals surface area contributed by atoms with E-state index < -0.39 is 0 Å². The maximum absolute atomic E-state index is 12.7. The third-order valence-corrected chi connectivity index (χ3v) is 7.26. The topological polar surface area (TPSA) is 133 Å². The Balaban J connectivity index is 1.05. The molecule has 1 amide bonds. The van der Waals surface area contributed by atoms with E-state index in [4.69, 9.17) is 9.47 Å². The van der Waals surface area contributed by atoms with Crippen LogP contribution in [0.4, 0.5) is 0 Å². The highest BCUT2D eigenvalue weighted by molar-refractivity contribution is 5.95. The van der Waals surface area contributed by atoms with E-state index >= 15 is 0 Å². The molecule has 0 unspecified atom stereocenters. The summed E-state index contributed by atoms with van der Waals surface area (Å²) in [4.78, 5) is 38.3. The Hall–Kier alpha value is -4.03. The summed E-state index contributed by atoms with van der Waals surface area (Å²) in [6, 6.07) is 7.59. The quantitative estimate of drug-likeness (QED) is 0.341. The van der Waals surface area contributed by atoms with Gasteiger partial charge in [0.2, 0.25) is 0 Å². The standard InChI is InChI=1S/C27H33N9O3/c37-27(28-6-8-35-9-11-38-12-10-35)20-4-1-3-19(13-20)24-29-14-22(15-30-24)39-16-21-5-2-7-36(21)26-23-25(32-17-31-23)33-18-34-26/h1,3-4,13-15,17,21,34H,2,5-12,16,18H2,(H,28,37)(H,31,32,33)/t21-/m1/s1. The number of fused-ring (bicyclic) bond motifs is 1. The summed E-state index contributed by atoms with van der Waals surface area (Å²) in [5.41, 5.74) is 2.18. The van der Waals surface area contributed by atoms with E-state index in [-0.39, 0.29) is 11.9 Å². The molecule has 5 heterocycles. The zero-order valence-electron chi connectivity index (χ0n) is 21.8. The molecule has 0 aliphatic carbocycles. The SMILES string of the molecule is O=C(NCCN1CCOCC1)c1cccc(-c2ncc(OC[C@H]3CCCN3C3=c4nc[nH]c4=NCN3)cn2)c1. The zero-order chi connectivity index (χ0) is 26.4. The van der Waals surface area contributed by atoms with Crippen molar-refractivity contribution in [2.75, 3.05) is 59.2 Å². The van der Waals surface area contributed by atoms with Gasteiger partial charge in [0.25, 0.3) is 5.91 Å². The van der Waals surface area contributed by atoms with Gasteiger partial charge in [-0.2, -0.15) is 0 Å². The largest absolute Gasteiger partial charge is 0.488 e. The maximum Gasteiger partial charge on any atom is 0.251 e. The van der Waals surface area contributed by atoms with Crippen molar-refractivity contribution in [2.45, 2.75) is 18.9 Å². The third kappa shape index (κ3) is 5.86. The average Bonchev–Trinajstić information content (AvgIpc) is 3.67. The molecule has 204 valence electrons. The molecule has 12 heteroatoms. The normalized spacial score (nSPS) is 19.2. The number of nitrogens with zero attached hydrogens (tertiary/aromatic N) is 6. The fraction of sp³-hybridized carbons (Fsp3) is 0.444. The lowest BCUT2D eigenvalue weighted by Gasteiger charge is -2.29. The number of rotatable bonds is 9. The Bertz CT molecular complexity index is 1400. The molecule has 6 rings (SSSR count). The number of carbonyl (C=O) groups is 1. The molecular formula is C27H33N9O3. The van der Waals surface area contributed by atoms with Crippen molar-refractivity contribution in [1.29, 1.82) is 0 Å². The van der Waals surface area contributed by atoms with Crippen molar-refractivity contribution in [3.05, 3.63) is 59.4 Å². The van der Waals surface area contributed by atoms with E-state index in [0.717, 1.165) is 74.5 Å². The number of ether oxygens (including phenoxy) is 2. The van der Waals surface area contributed by atoms with E-state index in [1.807, 2.05) is 18.2 Å². The summed E-state index contributed by atoms with van der Waals surface area (Å²) >= 11 is 0. The van der Waals surface area contributed by atoms with Gasteiger partial charge in [0.1, 0.15) is 24.4 Å². The minimum absolute atomic E-state index is 0.105. The Morgan fingerprint density at radius 1 is 1.15 bits per heavy atom. The molecule has 3 aliphatic rings. The number of imidazole rings is 1.